The van der Waals surface area contributed by atoms with Crippen LogP contribution in [0.25, 0.3) is 0 Å². The molecule has 3 radical (unpaired) electrons. The van der Waals surface area contributed by atoms with Gasteiger partial charge in [-0.05, 0) is 0 Å². The molecule has 7 heteroatoms. The van der Waals surface area contributed by atoms with Crippen LogP contribution in [-0.4, -0.2) is 53.0 Å². The van der Waals surface area contributed by atoms with Crippen molar-refractivity contribution in [2.24, 2.45) is 0 Å². The Labute approximate surface area is 80.5 Å². The molecule has 77 valence electrons. The Kier molecular flexibility index (Phi) is 76.2. The van der Waals surface area contributed by atoms with Gasteiger partial charge in [-0.1, -0.05) is 0 Å². The molecular formula is C5H18GeNO5. The summed E-state index contributed by atoms with van der Waals surface area (Å²) in [4.78, 5) is 9.49. The molecule has 0 aliphatic rings. The second-order valence-corrected chi connectivity index (χ2v) is 2.50. The van der Waals surface area contributed by atoms with E-state index < -0.39 is 5.97 Å². The van der Waals surface area contributed by atoms with Gasteiger partial charge in [0.05, 0.1) is 14.1 Å². The molecule has 6 nitrogen and oxygen atoms in total. The molecule has 0 rings (SSSR count). The molecule has 0 aromatic rings. The maximum absolute atomic E-state index is 9.49. The summed E-state index contributed by atoms with van der Waals surface area (Å²) in [7, 11) is 4.00. The van der Waals surface area contributed by atoms with Gasteiger partial charge in [-0.2, -0.15) is 0 Å². The molecule has 0 fully saturated rings. The van der Waals surface area contributed by atoms with Crippen molar-refractivity contribution >= 4 is 22.5 Å². The minimum atomic E-state index is -0.961. The van der Waals surface area contributed by atoms with Gasteiger partial charge in [0.1, 0.15) is 0 Å². The number of nitrogens with two attached hydrogens (primary N) is 1. The summed E-state index contributed by atoms with van der Waals surface area (Å²) in [5.41, 5.74) is 0. The van der Waals surface area contributed by atoms with Crippen LogP contribution in [0, 0.1) is 0 Å². The first-order valence-electron chi connectivity index (χ1n) is 2.77. The van der Waals surface area contributed by atoms with Gasteiger partial charge in [-0.15, -0.1) is 0 Å². The standard InChI is InChI=1S/C3H5GeO2.C2H7N.3H2O/c4-2-1-3(5)6;1-3-2;;;/h1-2H2,(H,5,6);3H,1-2H3;3*1H2. The van der Waals surface area contributed by atoms with Gasteiger partial charge in [0.25, 0.3) is 0 Å². The van der Waals surface area contributed by atoms with E-state index >= 15 is 0 Å². The van der Waals surface area contributed by atoms with Crippen molar-refractivity contribution in [3.05, 3.63) is 0 Å². The van der Waals surface area contributed by atoms with Crippen LogP contribution in [0.2, 0.25) is 5.25 Å². The first-order valence-corrected chi connectivity index (χ1v) is 4.25. The van der Waals surface area contributed by atoms with E-state index in [0.29, 0.717) is 5.25 Å². The third-order valence-corrected chi connectivity index (χ3v) is 0.854. The molecule has 0 aromatic carbocycles. The molecule has 0 aliphatic heterocycles. The number of hydrogen-bond acceptors (Lipinski definition) is 2. The second-order valence-electron chi connectivity index (χ2n) is 1.45. The van der Waals surface area contributed by atoms with Crippen molar-refractivity contribution in [1.29, 1.82) is 0 Å². The van der Waals surface area contributed by atoms with Crippen LogP contribution < -0.4 is 10.4 Å². The van der Waals surface area contributed by atoms with Gasteiger partial charge in [-0.25, -0.2) is 0 Å². The summed E-state index contributed by atoms with van der Waals surface area (Å²) < 4.78 is 0. The summed E-state index contributed by atoms with van der Waals surface area (Å²) in [5, 5.41) is 12.2. The molecule has 0 saturated carbocycles. The van der Waals surface area contributed by atoms with Gasteiger partial charge in [0.2, 0.25) is 0 Å². The van der Waals surface area contributed by atoms with Crippen molar-refractivity contribution in [3.8, 4) is 0 Å². The third kappa shape index (κ3) is 94.9. The van der Waals surface area contributed by atoms with E-state index in [0.717, 1.165) is 0 Å². The van der Waals surface area contributed by atoms with Crippen molar-refractivity contribution in [1.82, 2.24) is 0 Å². The number of carbonyl (C=O) groups is 1. The number of hydrogen-bond donors (Lipinski definition) is 1. The van der Waals surface area contributed by atoms with E-state index in [9.17, 15) is 9.90 Å². The minimum absolute atomic E-state index is 0. The van der Waals surface area contributed by atoms with Crippen molar-refractivity contribution in [2.45, 2.75) is 11.7 Å². The number of aliphatic carboxylic acids is 1. The van der Waals surface area contributed by atoms with Crippen molar-refractivity contribution in [2.75, 3.05) is 14.1 Å². The van der Waals surface area contributed by atoms with Crippen LogP contribution >= 0.6 is 0 Å². The van der Waals surface area contributed by atoms with Crippen LogP contribution in [-0.2, 0) is 4.79 Å². The summed E-state index contributed by atoms with van der Waals surface area (Å²) in [6.45, 7) is 0. The maximum atomic E-state index is 9.49. The van der Waals surface area contributed by atoms with Gasteiger partial charge in [0, 0.05) is 0 Å². The average Bonchev–Trinajstić information content (AvgIpc) is 1.67. The quantitative estimate of drug-likeness (QED) is 0.484. The Hall–Kier alpha value is -0.147. The summed E-state index contributed by atoms with van der Waals surface area (Å²) in [6, 6.07) is 0. The second kappa shape index (κ2) is 30.8. The Morgan fingerprint density at radius 2 is 1.58 bits per heavy atom. The van der Waals surface area contributed by atoms with Crippen LogP contribution in [0.3, 0.4) is 0 Å². The first-order chi connectivity index (χ1) is 4.18. The third-order valence-electron chi connectivity index (χ3n) is 0.329. The number of quaternary nitrogens is 1. The molecule has 12 heavy (non-hydrogen) atoms. The fraction of sp³-hybridized carbons (Fsp3) is 0.800. The van der Waals surface area contributed by atoms with E-state index in [1.165, 1.54) is 0 Å². The number of rotatable bonds is 2. The van der Waals surface area contributed by atoms with Crippen molar-refractivity contribution in [3.63, 3.8) is 0 Å². The predicted molar refractivity (Wildman–Crippen MR) is 44.8 cm³/mol. The molecule has 0 spiro atoms. The molecule has 0 amide bonds. The molecule has 0 saturated heterocycles. The van der Waals surface area contributed by atoms with Gasteiger partial charge >= 0.3 is 44.1 Å². The zero-order valence-electron chi connectivity index (χ0n) is 7.31. The van der Waals surface area contributed by atoms with Gasteiger partial charge in [0.15, 0.2) is 0 Å². The monoisotopic (exact) mass is 246 g/mol. The van der Waals surface area contributed by atoms with Crippen LogP contribution in [0.4, 0.5) is 0 Å². The molecule has 0 atom stereocenters. The van der Waals surface area contributed by atoms with E-state index in [-0.39, 0.29) is 22.8 Å². The molecule has 0 unspecified atom stereocenters. The SMILES string of the molecule is C[NH2+]C.O.O.O.O=C([O-])C[CH2][Ge]. The first kappa shape index (κ1) is 29.7. The summed E-state index contributed by atoms with van der Waals surface area (Å²) >= 11 is 1.80. The van der Waals surface area contributed by atoms with E-state index in [1.807, 2.05) is 19.4 Å². The Balaban J connectivity index is -0.0000000246. The van der Waals surface area contributed by atoms with Crippen LogP contribution in [0.5, 0.6) is 0 Å². The van der Waals surface area contributed by atoms with E-state index in [1.54, 1.807) is 16.5 Å². The summed E-state index contributed by atoms with van der Waals surface area (Å²) in [6.07, 6.45) is 0.181. The summed E-state index contributed by atoms with van der Waals surface area (Å²) in [5.74, 6) is -0.961. The van der Waals surface area contributed by atoms with Crippen LogP contribution in [0.1, 0.15) is 6.42 Å². The number of carboxylic acid groups (broad SMARTS) is 1. The fourth-order valence-electron chi connectivity index (χ4n) is 0.102. The normalized spacial score (nSPS) is 5.58. The Bertz CT molecular complexity index is 72.9. The van der Waals surface area contributed by atoms with Gasteiger partial charge in [-0.3, -0.25) is 0 Å². The zero-order chi connectivity index (χ0) is 7.70. The fourth-order valence-corrected chi connectivity index (χ4v) is 0.530. The Morgan fingerprint density at radius 3 is 1.58 bits per heavy atom. The molecular weight excluding hydrogens is 227 g/mol. The van der Waals surface area contributed by atoms with Crippen LogP contribution in [0.15, 0.2) is 0 Å². The average molecular weight is 245 g/mol. The topological polar surface area (TPSA) is 151 Å². The van der Waals surface area contributed by atoms with E-state index in [2.05, 4.69) is 0 Å². The molecule has 0 aromatic heterocycles. The zero-order valence-corrected chi connectivity index (χ0v) is 9.41. The molecule has 0 bridgehead atoms. The number of carbonyl (C=O) groups excluding carboxylic acids is 1. The Morgan fingerprint density at radius 1 is 1.33 bits per heavy atom. The van der Waals surface area contributed by atoms with Crippen molar-refractivity contribution < 1.29 is 31.6 Å². The number of carboxylic acids is 1. The predicted octanol–water partition coefficient (Wildman–Crippen LogP) is -4.95. The molecule has 0 aliphatic carbocycles. The molecule has 8 N–H and O–H groups in total. The molecule has 0 heterocycles. The van der Waals surface area contributed by atoms with Gasteiger partial charge < -0.3 is 21.7 Å². The van der Waals surface area contributed by atoms with E-state index in [4.69, 9.17) is 0 Å².